The van der Waals surface area contributed by atoms with Crippen molar-refractivity contribution in [1.82, 2.24) is 5.32 Å². The number of carbonyl (C=O) groups excluding carboxylic acids is 3. The van der Waals surface area contributed by atoms with Gasteiger partial charge in [0.1, 0.15) is 0 Å². The molecule has 4 N–H and O–H groups in total. The molecule has 0 aliphatic rings. The van der Waals surface area contributed by atoms with E-state index in [1.807, 2.05) is 42.5 Å². The number of hydrogen-bond acceptors (Lipinski definition) is 4. The Kier molecular flexibility index (Phi) is 6.55. The molecule has 0 radical (unpaired) electrons. The molecule has 2 aromatic carbocycles. The van der Waals surface area contributed by atoms with Crippen molar-refractivity contribution in [3.63, 3.8) is 0 Å². The molecule has 0 atom stereocenters. The maximum Gasteiger partial charge on any atom is 0.251 e. The molecule has 0 bridgehead atoms. The van der Waals surface area contributed by atoms with Gasteiger partial charge in [-0.05, 0) is 42.0 Å². The van der Waals surface area contributed by atoms with Crippen LogP contribution in [0.3, 0.4) is 0 Å². The lowest BCUT2D eigenvalue weighted by Crippen LogP contribution is -2.33. The van der Waals surface area contributed by atoms with Gasteiger partial charge in [-0.1, -0.05) is 36.4 Å². The molecule has 1 heterocycles. The number of thiophene rings is 1. The van der Waals surface area contributed by atoms with Crippen LogP contribution in [0, 0.1) is 0 Å². The lowest BCUT2D eigenvalue weighted by molar-refractivity contribution is -0.117. The summed E-state index contributed by atoms with van der Waals surface area (Å²) in [5, 5.41) is 5.12. The second-order valence-corrected chi connectivity index (χ2v) is 7.24. The van der Waals surface area contributed by atoms with Gasteiger partial charge in [0.15, 0.2) is 0 Å². The smallest absolute Gasteiger partial charge is 0.251 e. The van der Waals surface area contributed by atoms with Crippen molar-refractivity contribution >= 4 is 40.8 Å². The number of hydrogen-bond donors (Lipinski definition) is 3. The Balaban J connectivity index is 1.61. The summed E-state index contributed by atoms with van der Waals surface area (Å²) in [7, 11) is 0. The zero-order valence-electron chi connectivity index (χ0n) is 15.4. The summed E-state index contributed by atoms with van der Waals surface area (Å²) in [6.07, 6.45) is 3.19. The van der Waals surface area contributed by atoms with Crippen molar-refractivity contribution in [2.45, 2.75) is 0 Å². The fourth-order valence-electron chi connectivity index (χ4n) is 2.55. The van der Waals surface area contributed by atoms with E-state index in [-0.39, 0.29) is 12.5 Å². The van der Waals surface area contributed by atoms with Crippen LogP contribution in [0.2, 0.25) is 0 Å². The second kappa shape index (κ2) is 9.48. The van der Waals surface area contributed by atoms with E-state index in [0.29, 0.717) is 11.3 Å². The summed E-state index contributed by atoms with van der Waals surface area (Å²) >= 11 is 1.59. The van der Waals surface area contributed by atoms with Crippen LogP contribution in [0.4, 0.5) is 5.69 Å². The van der Waals surface area contributed by atoms with Crippen LogP contribution >= 0.6 is 11.3 Å². The highest BCUT2D eigenvalue weighted by molar-refractivity contribution is 7.16. The van der Waals surface area contributed by atoms with E-state index in [2.05, 4.69) is 10.6 Å². The molecule has 0 unspecified atom stereocenters. The number of primary amides is 1. The third kappa shape index (κ3) is 5.88. The topological polar surface area (TPSA) is 101 Å². The van der Waals surface area contributed by atoms with Gasteiger partial charge in [-0.3, -0.25) is 14.4 Å². The number of amides is 3. The first-order valence-corrected chi connectivity index (χ1v) is 9.64. The summed E-state index contributed by atoms with van der Waals surface area (Å²) in [4.78, 5) is 37.0. The third-order valence-corrected chi connectivity index (χ3v) is 5.00. The van der Waals surface area contributed by atoms with Crippen molar-refractivity contribution in [2.24, 2.45) is 5.73 Å². The molecule has 3 amide bonds. The minimum atomic E-state index is -0.628. The lowest BCUT2D eigenvalue weighted by Gasteiger charge is -2.06. The summed E-state index contributed by atoms with van der Waals surface area (Å²) in [5.74, 6) is -1.38. The van der Waals surface area contributed by atoms with Gasteiger partial charge in [-0.25, -0.2) is 0 Å². The molecule has 146 valence electrons. The Morgan fingerprint density at radius 2 is 1.76 bits per heavy atom. The molecule has 3 aromatic rings. The highest BCUT2D eigenvalue weighted by Crippen LogP contribution is 2.28. The molecule has 0 aliphatic heterocycles. The van der Waals surface area contributed by atoms with Gasteiger partial charge in [0, 0.05) is 27.1 Å². The minimum Gasteiger partial charge on any atom is -0.368 e. The molecule has 7 heteroatoms. The van der Waals surface area contributed by atoms with Gasteiger partial charge in [0.2, 0.25) is 11.8 Å². The van der Waals surface area contributed by atoms with Crippen LogP contribution in [-0.4, -0.2) is 24.3 Å². The first kappa shape index (κ1) is 20.0. The highest BCUT2D eigenvalue weighted by atomic mass is 32.1. The Morgan fingerprint density at radius 3 is 2.52 bits per heavy atom. The van der Waals surface area contributed by atoms with Crippen molar-refractivity contribution in [3.05, 3.63) is 83.2 Å². The predicted octanol–water partition coefficient (Wildman–Crippen LogP) is 3.28. The van der Waals surface area contributed by atoms with Gasteiger partial charge < -0.3 is 16.4 Å². The van der Waals surface area contributed by atoms with E-state index in [4.69, 9.17) is 5.73 Å². The number of rotatable bonds is 7. The van der Waals surface area contributed by atoms with Crippen LogP contribution in [-0.2, 0) is 9.59 Å². The second-order valence-electron chi connectivity index (χ2n) is 6.12. The molecule has 0 saturated heterocycles. The van der Waals surface area contributed by atoms with E-state index in [1.165, 1.54) is 12.1 Å². The first-order valence-electron chi connectivity index (χ1n) is 8.82. The molecule has 0 saturated carbocycles. The fourth-order valence-corrected chi connectivity index (χ4v) is 3.47. The molecule has 0 spiro atoms. The van der Waals surface area contributed by atoms with Crippen LogP contribution in [0.5, 0.6) is 0 Å². The molecule has 0 fully saturated rings. The van der Waals surface area contributed by atoms with Crippen molar-refractivity contribution in [2.75, 3.05) is 11.9 Å². The van der Waals surface area contributed by atoms with Gasteiger partial charge in [-0.2, -0.15) is 0 Å². The number of anilines is 1. The summed E-state index contributed by atoms with van der Waals surface area (Å²) < 4.78 is 0. The third-order valence-electron chi connectivity index (χ3n) is 3.90. The summed E-state index contributed by atoms with van der Waals surface area (Å²) in [6, 6.07) is 20.4. The Hall–Kier alpha value is -3.71. The molecule has 3 rings (SSSR count). The zero-order valence-corrected chi connectivity index (χ0v) is 16.2. The quantitative estimate of drug-likeness (QED) is 0.526. The largest absolute Gasteiger partial charge is 0.368 e. The van der Waals surface area contributed by atoms with Crippen molar-refractivity contribution in [1.29, 1.82) is 0 Å². The van der Waals surface area contributed by atoms with Crippen LogP contribution < -0.4 is 16.4 Å². The van der Waals surface area contributed by atoms with Crippen LogP contribution in [0.15, 0.2) is 72.8 Å². The Morgan fingerprint density at radius 1 is 0.966 bits per heavy atom. The first-order chi connectivity index (χ1) is 14.0. The van der Waals surface area contributed by atoms with Crippen LogP contribution in [0.1, 0.15) is 15.2 Å². The predicted molar refractivity (Wildman–Crippen MR) is 115 cm³/mol. The van der Waals surface area contributed by atoms with E-state index in [1.54, 1.807) is 35.6 Å². The van der Waals surface area contributed by atoms with Crippen molar-refractivity contribution < 1.29 is 14.4 Å². The van der Waals surface area contributed by atoms with Crippen molar-refractivity contribution in [3.8, 4) is 10.4 Å². The highest BCUT2D eigenvalue weighted by Gasteiger charge is 2.08. The van der Waals surface area contributed by atoms with E-state index < -0.39 is 11.8 Å². The van der Waals surface area contributed by atoms with E-state index >= 15 is 0 Å². The molecule has 1 aromatic heterocycles. The van der Waals surface area contributed by atoms with E-state index in [9.17, 15) is 14.4 Å². The SMILES string of the molecule is NC(=O)CNC(=O)c1cccc(NC(=O)/C=C/c2ccc(-c3ccccc3)s2)c1. The molecular formula is C22H19N3O3S. The monoisotopic (exact) mass is 405 g/mol. The van der Waals surface area contributed by atoms with E-state index in [0.717, 1.165) is 15.3 Å². The number of nitrogens with two attached hydrogens (primary N) is 1. The Bertz CT molecular complexity index is 1060. The summed E-state index contributed by atoms with van der Waals surface area (Å²) in [5.41, 5.74) is 6.94. The van der Waals surface area contributed by atoms with Gasteiger partial charge in [-0.15, -0.1) is 11.3 Å². The Labute approximate surface area is 172 Å². The number of nitrogens with one attached hydrogen (secondary N) is 2. The van der Waals surface area contributed by atoms with Gasteiger partial charge in [0.25, 0.3) is 5.91 Å². The lowest BCUT2D eigenvalue weighted by atomic mass is 10.2. The van der Waals surface area contributed by atoms with Crippen LogP contribution in [0.25, 0.3) is 16.5 Å². The molecule has 0 aliphatic carbocycles. The number of carbonyl (C=O) groups is 3. The van der Waals surface area contributed by atoms with Gasteiger partial charge in [0.05, 0.1) is 6.54 Å². The minimum absolute atomic E-state index is 0.246. The standard InChI is InChI=1S/C22H19N3O3S/c23-20(26)14-24-22(28)16-7-4-8-17(13-16)25-21(27)12-10-18-9-11-19(29-18)15-5-2-1-3-6-15/h1-13H,14H2,(H2,23,26)(H,24,28)(H,25,27)/b12-10+. The van der Waals surface area contributed by atoms with Gasteiger partial charge >= 0.3 is 0 Å². The zero-order chi connectivity index (χ0) is 20.6. The normalized spacial score (nSPS) is 10.6. The maximum atomic E-state index is 12.2. The number of benzene rings is 2. The molecule has 6 nitrogen and oxygen atoms in total. The average molecular weight is 405 g/mol. The molecule has 29 heavy (non-hydrogen) atoms. The maximum absolute atomic E-state index is 12.2. The summed E-state index contributed by atoms with van der Waals surface area (Å²) in [6.45, 7) is -0.246. The fraction of sp³-hybridized carbons (Fsp3) is 0.0455. The average Bonchev–Trinajstić information content (AvgIpc) is 3.20. The molecular weight excluding hydrogens is 386 g/mol.